The third kappa shape index (κ3) is 8.59. The second-order valence-corrected chi connectivity index (χ2v) is 29.3. The minimum Gasteiger partial charge on any atom is -0.334 e. The Morgan fingerprint density at radius 2 is 0.753 bits per heavy atom. The summed E-state index contributed by atoms with van der Waals surface area (Å²) < 4.78 is 0. The molecule has 0 amide bonds. The van der Waals surface area contributed by atoms with E-state index in [2.05, 4.69) is 329 Å². The molecule has 2 atom stereocenters. The van der Waals surface area contributed by atoms with Crippen molar-refractivity contribution in [1.82, 2.24) is 0 Å². The lowest BCUT2D eigenvalue weighted by atomic mass is 9.33. The summed E-state index contributed by atoms with van der Waals surface area (Å²) in [5, 5.41) is 0. The number of nitrogens with zero attached hydrogens (tertiary/aromatic N) is 3. The van der Waals surface area contributed by atoms with Gasteiger partial charge in [0, 0.05) is 50.7 Å². The molecule has 3 heterocycles. The molecule has 14 rings (SSSR count). The van der Waals surface area contributed by atoms with E-state index in [0.717, 1.165) is 12.8 Å². The van der Waals surface area contributed by atoms with Gasteiger partial charge in [-0.1, -0.05) is 253 Å². The van der Waals surface area contributed by atoms with E-state index in [9.17, 15) is 0 Å². The Balaban J connectivity index is 1.17. The fourth-order valence-corrected chi connectivity index (χ4v) is 15.2. The highest BCUT2D eigenvalue weighted by Crippen LogP contribution is 2.64. The molecule has 10 aromatic rings. The fourth-order valence-electron chi connectivity index (χ4n) is 15.2. The second-order valence-electron chi connectivity index (χ2n) is 29.3. The van der Waals surface area contributed by atoms with Crippen molar-refractivity contribution in [2.45, 2.75) is 135 Å². The van der Waals surface area contributed by atoms with Gasteiger partial charge in [-0.05, 0) is 168 Å². The lowest BCUT2D eigenvalue weighted by Gasteiger charge is -2.53. The lowest BCUT2D eigenvalue weighted by molar-refractivity contribution is 0.281. The average molecular weight is 1110 g/mol. The van der Waals surface area contributed by atoms with Crippen LogP contribution in [0.25, 0.3) is 22.3 Å². The molecule has 0 spiro atoms. The Morgan fingerprint density at radius 3 is 1.22 bits per heavy atom. The maximum atomic E-state index is 2.82. The van der Waals surface area contributed by atoms with Crippen molar-refractivity contribution in [3.8, 4) is 22.3 Å². The SMILES string of the molecule is CC(C)(C)c1ccc(N2c3cc(C(C)(C)C)ccc3B3c4ccc(C(C)(C)C)cc4N(c4ccc(C(C)(C)C)cc4-c4ccccc4)c4cc(N5c6ccccc6C6(c7ccccc7)Cc7ccccc7CC56C)cc2c43)c(-c2ccccc2)c1. The molecular weight excluding hydrogens is 1030 g/mol. The van der Waals surface area contributed by atoms with Crippen molar-refractivity contribution in [2.24, 2.45) is 0 Å². The van der Waals surface area contributed by atoms with Crippen molar-refractivity contribution >= 4 is 68.6 Å². The van der Waals surface area contributed by atoms with Gasteiger partial charge in [0.25, 0.3) is 6.71 Å². The molecule has 1 aliphatic carbocycles. The van der Waals surface area contributed by atoms with Crippen molar-refractivity contribution in [3.05, 3.63) is 269 Å². The molecule has 4 heteroatoms. The van der Waals surface area contributed by atoms with Gasteiger partial charge in [0.2, 0.25) is 0 Å². The molecule has 4 aliphatic rings. The average Bonchev–Trinajstić information content (AvgIpc) is 1.64. The van der Waals surface area contributed by atoms with Crippen molar-refractivity contribution in [1.29, 1.82) is 0 Å². The van der Waals surface area contributed by atoms with Gasteiger partial charge in [-0.25, -0.2) is 0 Å². The van der Waals surface area contributed by atoms with Crippen LogP contribution in [-0.2, 0) is 39.9 Å². The first-order chi connectivity index (χ1) is 40.5. The summed E-state index contributed by atoms with van der Waals surface area (Å²) in [6, 6.07) is 87.4. The Hall–Kier alpha value is -8.34. The fraction of sp³-hybridized carbons (Fsp3) is 0.259. The van der Waals surface area contributed by atoms with E-state index in [-0.39, 0.29) is 33.8 Å². The Morgan fingerprint density at radius 1 is 0.353 bits per heavy atom. The maximum absolute atomic E-state index is 2.82. The van der Waals surface area contributed by atoms with Gasteiger partial charge >= 0.3 is 0 Å². The number of hydrogen-bond donors (Lipinski definition) is 0. The number of benzene rings is 10. The van der Waals surface area contributed by atoms with Crippen LogP contribution in [0.5, 0.6) is 0 Å². The van der Waals surface area contributed by atoms with Gasteiger partial charge < -0.3 is 14.7 Å². The summed E-state index contributed by atoms with van der Waals surface area (Å²) in [5.41, 5.74) is 28.0. The molecule has 0 fully saturated rings. The first-order valence-electron chi connectivity index (χ1n) is 31.0. The summed E-state index contributed by atoms with van der Waals surface area (Å²) in [4.78, 5) is 8.23. The van der Waals surface area contributed by atoms with E-state index in [4.69, 9.17) is 0 Å². The molecule has 0 N–H and O–H groups in total. The predicted molar refractivity (Wildman–Crippen MR) is 364 cm³/mol. The topological polar surface area (TPSA) is 9.72 Å². The first-order valence-corrected chi connectivity index (χ1v) is 31.0. The molecular formula is C81H80BN3. The van der Waals surface area contributed by atoms with Crippen LogP contribution < -0.4 is 31.1 Å². The van der Waals surface area contributed by atoms with E-state index in [0.29, 0.717) is 0 Å². The molecule has 0 aromatic heterocycles. The molecule has 0 bridgehead atoms. The molecule has 0 saturated heterocycles. The normalized spacial score (nSPS) is 17.8. The first kappa shape index (κ1) is 54.6. The minimum absolute atomic E-state index is 0.0803. The summed E-state index contributed by atoms with van der Waals surface area (Å²) in [7, 11) is 0. The molecule has 3 nitrogen and oxygen atoms in total. The smallest absolute Gasteiger partial charge is 0.252 e. The van der Waals surface area contributed by atoms with Crippen molar-refractivity contribution in [2.75, 3.05) is 14.7 Å². The summed E-state index contributed by atoms with van der Waals surface area (Å²) in [6.45, 7) is 30.7. The highest BCUT2D eigenvalue weighted by molar-refractivity contribution is 7.00. The van der Waals surface area contributed by atoms with Crippen LogP contribution in [0.2, 0.25) is 0 Å². The van der Waals surface area contributed by atoms with E-state index in [1.54, 1.807) is 0 Å². The van der Waals surface area contributed by atoms with E-state index >= 15 is 0 Å². The lowest BCUT2D eigenvalue weighted by Crippen LogP contribution is -2.62. The molecule has 10 aromatic carbocycles. The Bertz CT molecular complexity index is 4070. The number of fused-ring (bicyclic) bond motifs is 8. The van der Waals surface area contributed by atoms with Crippen LogP contribution in [-0.4, -0.2) is 12.3 Å². The highest BCUT2D eigenvalue weighted by atomic mass is 15.3. The van der Waals surface area contributed by atoms with Crippen LogP contribution in [0.4, 0.5) is 45.5 Å². The monoisotopic (exact) mass is 1110 g/mol. The van der Waals surface area contributed by atoms with Gasteiger partial charge in [0.15, 0.2) is 0 Å². The van der Waals surface area contributed by atoms with Crippen LogP contribution in [0, 0.1) is 0 Å². The third-order valence-corrected chi connectivity index (χ3v) is 19.8. The van der Waals surface area contributed by atoms with Crippen molar-refractivity contribution in [3.63, 3.8) is 0 Å². The summed E-state index contributed by atoms with van der Waals surface area (Å²) >= 11 is 0. The minimum atomic E-state index is -0.451. The molecule has 0 radical (unpaired) electrons. The molecule has 422 valence electrons. The van der Waals surface area contributed by atoms with Crippen LogP contribution >= 0.6 is 0 Å². The second kappa shape index (κ2) is 19.3. The van der Waals surface area contributed by atoms with Gasteiger partial charge in [-0.2, -0.15) is 0 Å². The van der Waals surface area contributed by atoms with Crippen LogP contribution in [0.15, 0.2) is 224 Å². The van der Waals surface area contributed by atoms with E-state index < -0.39 is 5.54 Å². The predicted octanol–water partition coefficient (Wildman–Crippen LogP) is 19.3. The zero-order chi connectivity index (χ0) is 59.2. The van der Waals surface area contributed by atoms with Gasteiger partial charge in [0.1, 0.15) is 0 Å². The van der Waals surface area contributed by atoms with E-state index in [1.165, 1.54) is 129 Å². The van der Waals surface area contributed by atoms with Crippen LogP contribution in [0.3, 0.4) is 0 Å². The van der Waals surface area contributed by atoms with Crippen molar-refractivity contribution < 1.29 is 0 Å². The van der Waals surface area contributed by atoms with Gasteiger partial charge in [-0.3, -0.25) is 0 Å². The molecule has 2 unspecified atom stereocenters. The van der Waals surface area contributed by atoms with Crippen LogP contribution in [0.1, 0.15) is 135 Å². The number of para-hydroxylation sites is 1. The summed E-state index contributed by atoms with van der Waals surface area (Å²) in [6.07, 6.45) is 1.76. The maximum Gasteiger partial charge on any atom is 0.252 e. The number of hydrogen-bond acceptors (Lipinski definition) is 3. The highest BCUT2D eigenvalue weighted by Gasteiger charge is 2.62. The standard InChI is InChI=1S/C81H80BN3/c1-76(2,3)58-39-43-68(63(45-58)53-27-17-14-18-28-53)83-71-47-60(78(7,8)9)37-41-66(71)82-67-42-38-61(79(10,11)12)48-72(67)84(69-44-40-59(77(4,5)6)46-64(69)54-29-19-15-20-30-54)74-50-62(49-73(83)75(74)82)85-70-36-26-25-35-65(70)81(57-33-21-16-22-34-57)52-56-32-24-23-31-55(56)51-80(81,85)13/h14-50H,51-52H2,1-13H3. The number of anilines is 8. The molecule has 0 saturated carbocycles. The molecule has 3 aliphatic heterocycles. The van der Waals surface area contributed by atoms with E-state index in [1.807, 2.05) is 0 Å². The third-order valence-electron chi connectivity index (χ3n) is 19.8. The number of rotatable bonds is 6. The zero-order valence-corrected chi connectivity index (χ0v) is 52.2. The Labute approximate surface area is 507 Å². The van der Waals surface area contributed by atoms with Gasteiger partial charge in [0.05, 0.1) is 16.9 Å². The zero-order valence-electron chi connectivity index (χ0n) is 52.2. The molecule has 85 heavy (non-hydrogen) atoms. The largest absolute Gasteiger partial charge is 0.334 e. The quantitative estimate of drug-likeness (QED) is 0.154. The Kier molecular flexibility index (Phi) is 12.4. The summed E-state index contributed by atoms with van der Waals surface area (Å²) in [5.74, 6) is 0. The van der Waals surface area contributed by atoms with Gasteiger partial charge in [-0.15, -0.1) is 0 Å².